The SMILES string of the molecule is I.I.I.I.O=C(O)c1cccc2c3nc4nc(nc5[nH]c(nc6nc(nc([nH]3)c12)-c1ccccc1-6)c1ccccc51)-c1ccccc1-4. The number of nitrogens with zero attached hydrogens (tertiary/aromatic N) is 6. The lowest BCUT2D eigenvalue weighted by Crippen LogP contribution is -1.96. The van der Waals surface area contributed by atoms with Gasteiger partial charge < -0.3 is 15.1 Å². The first-order valence-electron chi connectivity index (χ1n) is 13.6. The van der Waals surface area contributed by atoms with Gasteiger partial charge in [0.25, 0.3) is 0 Å². The molecule has 7 aromatic rings. The normalized spacial score (nSPS) is 10.9. The molecule has 0 unspecified atom stereocenters. The molecule has 5 heterocycles. The zero-order valence-electron chi connectivity index (χ0n) is 23.8. The first-order chi connectivity index (χ1) is 21.1. The minimum absolute atomic E-state index is 0. The highest BCUT2D eigenvalue weighted by molar-refractivity contribution is 14.0. The van der Waals surface area contributed by atoms with Crippen molar-refractivity contribution < 1.29 is 9.90 Å². The maximum Gasteiger partial charge on any atom is 0.336 e. The number of benzene rings is 4. The van der Waals surface area contributed by atoms with Crippen LogP contribution in [0, 0.1) is 0 Å². The molecule has 0 aliphatic carbocycles. The van der Waals surface area contributed by atoms with Crippen LogP contribution in [-0.4, -0.2) is 50.9 Å². The van der Waals surface area contributed by atoms with E-state index < -0.39 is 5.97 Å². The summed E-state index contributed by atoms with van der Waals surface area (Å²) in [6.45, 7) is 0. The van der Waals surface area contributed by atoms with Crippen LogP contribution in [0.4, 0.5) is 0 Å². The van der Waals surface area contributed by atoms with Crippen LogP contribution in [0.5, 0.6) is 0 Å². The van der Waals surface area contributed by atoms with Crippen molar-refractivity contribution in [3.8, 4) is 45.6 Å². The topological polar surface area (TPSA) is 146 Å². The van der Waals surface area contributed by atoms with Crippen LogP contribution in [0.1, 0.15) is 10.4 Å². The van der Waals surface area contributed by atoms with Gasteiger partial charge in [0.1, 0.15) is 22.6 Å². The molecule has 0 saturated carbocycles. The van der Waals surface area contributed by atoms with E-state index in [1.54, 1.807) is 12.1 Å². The standard InChI is InChI=1S/C33H18N8O2.4HI/c42-33(43)23-15-7-14-22-24(23)32-40-30-21-13-6-5-12-20(21)28(38-30)36-26-17-9-2-1-8-16(17)25(34-26)35-27-18-10-3-4-11-19(18)29(37-27)39-31(22)41-32;;;;/h1-15H,(H,42,43)(H2,34,35,36,37,38,39,40,41);4*1H. The van der Waals surface area contributed by atoms with Gasteiger partial charge in [0, 0.05) is 43.8 Å². The summed E-state index contributed by atoms with van der Waals surface area (Å²) >= 11 is 0. The van der Waals surface area contributed by atoms with Crippen molar-refractivity contribution >= 4 is 146 Å². The van der Waals surface area contributed by atoms with E-state index in [2.05, 4.69) is 9.97 Å². The molecule has 14 heteroatoms. The number of halogens is 4. The van der Waals surface area contributed by atoms with Crippen LogP contribution in [0.3, 0.4) is 0 Å². The van der Waals surface area contributed by atoms with Gasteiger partial charge in [0.15, 0.2) is 23.3 Å². The first-order valence-corrected chi connectivity index (χ1v) is 13.6. The second-order valence-corrected chi connectivity index (χ2v) is 10.3. The highest BCUT2D eigenvalue weighted by Crippen LogP contribution is 2.37. The molecule has 0 amide bonds. The number of carbonyl (C=O) groups is 1. The Balaban J connectivity index is 0.00000108. The quantitative estimate of drug-likeness (QED) is 0.138. The highest BCUT2D eigenvalue weighted by Gasteiger charge is 2.23. The van der Waals surface area contributed by atoms with Crippen LogP contribution in [0.2, 0.25) is 0 Å². The predicted molar refractivity (Wildman–Crippen MR) is 225 cm³/mol. The molecule has 0 spiro atoms. The molecule has 0 atom stereocenters. The number of carboxylic acids is 1. The van der Waals surface area contributed by atoms with Gasteiger partial charge in [-0.3, -0.25) is 0 Å². The zero-order valence-corrected chi connectivity index (χ0v) is 33.2. The van der Waals surface area contributed by atoms with Crippen molar-refractivity contribution in [1.82, 2.24) is 39.9 Å². The van der Waals surface area contributed by atoms with Crippen LogP contribution in [0.15, 0.2) is 91.0 Å². The maximum absolute atomic E-state index is 12.3. The number of hydrogen-bond donors (Lipinski definition) is 3. The summed E-state index contributed by atoms with van der Waals surface area (Å²) in [5.41, 5.74) is 5.36. The molecule has 9 rings (SSSR count). The molecule has 47 heavy (non-hydrogen) atoms. The lowest BCUT2D eigenvalue weighted by Gasteiger charge is -1.98. The van der Waals surface area contributed by atoms with E-state index in [0.29, 0.717) is 56.7 Å². The number of aromatic nitrogens is 8. The second-order valence-electron chi connectivity index (χ2n) is 10.3. The number of carboxylic acid groups (broad SMARTS) is 1. The number of H-pyrrole nitrogens is 2. The van der Waals surface area contributed by atoms with E-state index in [-0.39, 0.29) is 101 Å². The maximum atomic E-state index is 12.3. The Hall–Kier alpha value is -3.37. The van der Waals surface area contributed by atoms with Crippen molar-refractivity contribution in [3.05, 3.63) is 96.6 Å². The molecule has 0 fully saturated rings. The monoisotopic (exact) mass is 1070 g/mol. The molecule has 0 saturated heterocycles. The molecule has 3 N–H and O–H groups in total. The zero-order chi connectivity index (χ0) is 28.7. The van der Waals surface area contributed by atoms with Crippen LogP contribution in [0.25, 0.3) is 89.7 Å². The Morgan fingerprint density at radius 2 is 0.809 bits per heavy atom. The summed E-state index contributed by atoms with van der Waals surface area (Å²) in [7, 11) is 0. The second kappa shape index (κ2) is 13.6. The molecule has 2 aliphatic heterocycles. The Kier molecular flexibility index (Phi) is 10.1. The van der Waals surface area contributed by atoms with Gasteiger partial charge in [-0.25, -0.2) is 34.7 Å². The van der Waals surface area contributed by atoms with E-state index >= 15 is 0 Å². The molecule has 8 bridgehead atoms. The molecule has 4 aromatic carbocycles. The van der Waals surface area contributed by atoms with Crippen molar-refractivity contribution in [2.75, 3.05) is 0 Å². The van der Waals surface area contributed by atoms with E-state index in [1.165, 1.54) is 0 Å². The third-order valence-electron chi connectivity index (χ3n) is 7.81. The van der Waals surface area contributed by atoms with Gasteiger partial charge >= 0.3 is 5.97 Å². The summed E-state index contributed by atoms with van der Waals surface area (Å²) < 4.78 is 0. The number of hydrogen-bond acceptors (Lipinski definition) is 7. The molecule has 3 aromatic heterocycles. The number of aromatic carboxylic acids is 1. The Labute approximate surface area is 334 Å². The van der Waals surface area contributed by atoms with Crippen LogP contribution >= 0.6 is 95.9 Å². The molecular weight excluding hydrogens is 1050 g/mol. The number of nitrogens with one attached hydrogen (secondary N) is 2. The molecule has 0 radical (unpaired) electrons. The lowest BCUT2D eigenvalue weighted by molar-refractivity contribution is 0.0699. The van der Waals surface area contributed by atoms with E-state index in [9.17, 15) is 9.90 Å². The summed E-state index contributed by atoms with van der Waals surface area (Å²) in [6.07, 6.45) is 0. The smallest absolute Gasteiger partial charge is 0.336 e. The van der Waals surface area contributed by atoms with Gasteiger partial charge in [0.05, 0.1) is 5.56 Å². The average molecular weight is 1070 g/mol. The number of aromatic amines is 2. The van der Waals surface area contributed by atoms with E-state index in [1.807, 2.05) is 78.9 Å². The molecular formula is C33H22I4N8O2. The van der Waals surface area contributed by atoms with Crippen molar-refractivity contribution in [1.29, 1.82) is 0 Å². The minimum atomic E-state index is -1.07. The third kappa shape index (κ3) is 5.65. The number of rotatable bonds is 1. The van der Waals surface area contributed by atoms with E-state index in [0.717, 1.165) is 33.0 Å². The fourth-order valence-corrected chi connectivity index (χ4v) is 5.87. The lowest BCUT2D eigenvalue weighted by atomic mass is 10.1. The first kappa shape index (κ1) is 35.0. The highest BCUT2D eigenvalue weighted by atomic mass is 127. The van der Waals surface area contributed by atoms with Gasteiger partial charge in [-0.05, 0) is 6.07 Å². The van der Waals surface area contributed by atoms with Gasteiger partial charge in [-0.1, -0.05) is 84.9 Å². The summed E-state index contributed by atoms with van der Waals surface area (Å²) in [4.78, 5) is 48.5. The molecule has 2 aliphatic rings. The minimum Gasteiger partial charge on any atom is -0.478 e. The van der Waals surface area contributed by atoms with Crippen LogP contribution in [-0.2, 0) is 0 Å². The molecule has 10 nitrogen and oxygen atoms in total. The van der Waals surface area contributed by atoms with E-state index in [4.69, 9.17) is 29.9 Å². The van der Waals surface area contributed by atoms with Crippen molar-refractivity contribution in [2.45, 2.75) is 0 Å². The summed E-state index contributed by atoms with van der Waals surface area (Å²) in [5, 5.41) is 12.9. The summed E-state index contributed by atoms with van der Waals surface area (Å²) in [6, 6.07) is 28.5. The Morgan fingerprint density at radius 1 is 0.447 bits per heavy atom. The summed E-state index contributed by atoms with van der Waals surface area (Å²) in [5.74, 6) is 0.791. The fourth-order valence-electron chi connectivity index (χ4n) is 5.87. The average Bonchev–Trinajstić information content (AvgIpc) is 3.76. The number of fused-ring (bicyclic) bond motifs is 20. The largest absolute Gasteiger partial charge is 0.478 e. The van der Waals surface area contributed by atoms with Crippen molar-refractivity contribution in [3.63, 3.8) is 0 Å². The van der Waals surface area contributed by atoms with Gasteiger partial charge in [-0.15, -0.1) is 95.9 Å². The molecule has 234 valence electrons. The third-order valence-corrected chi connectivity index (χ3v) is 7.81. The fraction of sp³-hybridized carbons (Fsp3) is 0. The van der Waals surface area contributed by atoms with Crippen LogP contribution < -0.4 is 0 Å². The predicted octanol–water partition coefficient (Wildman–Crippen LogP) is 9.04. The van der Waals surface area contributed by atoms with Gasteiger partial charge in [0.2, 0.25) is 0 Å². The van der Waals surface area contributed by atoms with Gasteiger partial charge in [-0.2, -0.15) is 0 Å². The van der Waals surface area contributed by atoms with Crippen molar-refractivity contribution in [2.24, 2.45) is 0 Å². The Bertz CT molecular complexity index is 2530. The Morgan fingerprint density at radius 3 is 1.26 bits per heavy atom.